The molecule has 0 amide bonds. The SMILES string of the molecule is CCNCCC1CCOC2(CCSC2)C1. The van der Waals surface area contributed by atoms with Crippen molar-refractivity contribution in [3.05, 3.63) is 0 Å². The van der Waals surface area contributed by atoms with Crippen LogP contribution in [0.25, 0.3) is 0 Å². The summed E-state index contributed by atoms with van der Waals surface area (Å²) < 4.78 is 6.02. The zero-order chi connectivity index (χ0) is 10.6. The average molecular weight is 229 g/mol. The largest absolute Gasteiger partial charge is 0.374 e. The van der Waals surface area contributed by atoms with Gasteiger partial charge in [-0.2, -0.15) is 11.8 Å². The lowest BCUT2D eigenvalue weighted by atomic mass is 9.83. The van der Waals surface area contributed by atoms with Crippen molar-refractivity contribution in [3.63, 3.8) is 0 Å². The maximum absolute atomic E-state index is 6.02. The number of ether oxygens (including phenoxy) is 1. The van der Waals surface area contributed by atoms with Crippen LogP contribution in [0.1, 0.15) is 32.6 Å². The van der Waals surface area contributed by atoms with Crippen LogP contribution in [0.2, 0.25) is 0 Å². The minimum atomic E-state index is 0.278. The third-order valence-corrected chi connectivity index (χ3v) is 4.86. The van der Waals surface area contributed by atoms with E-state index in [0.717, 1.165) is 19.1 Å². The fourth-order valence-corrected chi connectivity index (χ4v) is 4.10. The van der Waals surface area contributed by atoms with E-state index in [-0.39, 0.29) is 5.60 Å². The molecule has 0 saturated carbocycles. The first kappa shape index (κ1) is 11.7. The first-order valence-electron chi connectivity index (χ1n) is 6.27. The predicted octanol–water partition coefficient (Wildman–Crippen LogP) is 2.29. The zero-order valence-corrected chi connectivity index (χ0v) is 10.6. The van der Waals surface area contributed by atoms with E-state index in [4.69, 9.17) is 4.74 Å². The Labute approximate surface area is 97.5 Å². The van der Waals surface area contributed by atoms with Gasteiger partial charge in [0.05, 0.1) is 5.60 Å². The van der Waals surface area contributed by atoms with Crippen molar-refractivity contribution in [1.82, 2.24) is 5.32 Å². The van der Waals surface area contributed by atoms with E-state index in [1.807, 2.05) is 0 Å². The molecule has 2 rings (SSSR count). The second-order valence-electron chi connectivity index (χ2n) is 4.84. The van der Waals surface area contributed by atoms with E-state index in [1.165, 1.54) is 43.7 Å². The smallest absolute Gasteiger partial charge is 0.0783 e. The van der Waals surface area contributed by atoms with Crippen LogP contribution < -0.4 is 5.32 Å². The molecule has 2 aliphatic heterocycles. The van der Waals surface area contributed by atoms with Crippen LogP contribution in [0.5, 0.6) is 0 Å². The van der Waals surface area contributed by atoms with Gasteiger partial charge in [-0.3, -0.25) is 0 Å². The molecular weight excluding hydrogens is 206 g/mol. The lowest BCUT2D eigenvalue weighted by Crippen LogP contribution is -2.40. The van der Waals surface area contributed by atoms with Gasteiger partial charge < -0.3 is 10.1 Å². The average Bonchev–Trinajstić information content (AvgIpc) is 2.67. The molecule has 2 unspecified atom stereocenters. The molecule has 2 aliphatic rings. The third-order valence-electron chi connectivity index (χ3n) is 3.64. The van der Waals surface area contributed by atoms with Gasteiger partial charge in [-0.05, 0) is 50.4 Å². The highest BCUT2D eigenvalue weighted by Gasteiger charge is 2.39. The summed E-state index contributed by atoms with van der Waals surface area (Å²) in [6.07, 6.45) is 5.21. The Morgan fingerprint density at radius 2 is 2.47 bits per heavy atom. The van der Waals surface area contributed by atoms with Gasteiger partial charge in [0.2, 0.25) is 0 Å². The number of hydrogen-bond donors (Lipinski definition) is 1. The summed E-state index contributed by atoms with van der Waals surface area (Å²) in [6, 6.07) is 0. The number of hydrogen-bond acceptors (Lipinski definition) is 3. The highest BCUT2D eigenvalue weighted by molar-refractivity contribution is 7.99. The first-order valence-corrected chi connectivity index (χ1v) is 7.42. The normalized spacial score (nSPS) is 36.2. The number of rotatable bonds is 4. The van der Waals surface area contributed by atoms with Gasteiger partial charge in [-0.1, -0.05) is 6.92 Å². The molecule has 3 heteroatoms. The standard InChI is InChI=1S/C12H23NOS/c1-2-13-6-3-11-4-7-14-12(9-11)5-8-15-10-12/h11,13H,2-10H2,1H3. The molecule has 2 saturated heterocycles. The molecule has 2 heterocycles. The van der Waals surface area contributed by atoms with Crippen molar-refractivity contribution in [2.45, 2.75) is 38.2 Å². The summed E-state index contributed by atoms with van der Waals surface area (Å²) in [5.41, 5.74) is 0.278. The van der Waals surface area contributed by atoms with E-state index in [0.29, 0.717) is 0 Å². The second kappa shape index (κ2) is 5.55. The maximum Gasteiger partial charge on any atom is 0.0783 e. The number of thioether (sulfide) groups is 1. The molecule has 1 spiro atoms. The van der Waals surface area contributed by atoms with Gasteiger partial charge in [0.25, 0.3) is 0 Å². The highest BCUT2D eigenvalue weighted by atomic mass is 32.2. The fourth-order valence-electron chi connectivity index (χ4n) is 2.72. The van der Waals surface area contributed by atoms with Gasteiger partial charge in [-0.25, -0.2) is 0 Å². The molecule has 2 nitrogen and oxygen atoms in total. The molecule has 0 bridgehead atoms. The van der Waals surface area contributed by atoms with E-state index in [2.05, 4.69) is 24.0 Å². The van der Waals surface area contributed by atoms with Crippen LogP contribution in [0, 0.1) is 5.92 Å². The van der Waals surface area contributed by atoms with E-state index in [1.54, 1.807) is 0 Å². The van der Waals surface area contributed by atoms with Crippen LogP contribution in [0.15, 0.2) is 0 Å². The van der Waals surface area contributed by atoms with Gasteiger partial charge >= 0.3 is 0 Å². The predicted molar refractivity (Wildman–Crippen MR) is 66.5 cm³/mol. The van der Waals surface area contributed by atoms with Crippen LogP contribution in [-0.4, -0.2) is 36.8 Å². The molecule has 0 aliphatic carbocycles. The van der Waals surface area contributed by atoms with Crippen molar-refractivity contribution in [2.24, 2.45) is 5.92 Å². The topological polar surface area (TPSA) is 21.3 Å². The van der Waals surface area contributed by atoms with Gasteiger partial charge in [-0.15, -0.1) is 0 Å². The Morgan fingerprint density at radius 3 is 3.20 bits per heavy atom. The lowest BCUT2D eigenvalue weighted by Gasteiger charge is -2.37. The van der Waals surface area contributed by atoms with Crippen molar-refractivity contribution in [3.8, 4) is 0 Å². The van der Waals surface area contributed by atoms with Crippen molar-refractivity contribution in [1.29, 1.82) is 0 Å². The van der Waals surface area contributed by atoms with Crippen molar-refractivity contribution >= 4 is 11.8 Å². The quantitative estimate of drug-likeness (QED) is 0.747. The van der Waals surface area contributed by atoms with Crippen LogP contribution in [0.3, 0.4) is 0 Å². The fraction of sp³-hybridized carbons (Fsp3) is 1.00. The van der Waals surface area contributed by atoms with Crippen LogP contribution in [0.4, 0.5) is 0 Å². The molecule has 2 atom stereocenters. The molecular formula is C12H23NOS. The first-order chi connectivity index (χ1) is 7.35. The summed E-state index contributed by atoms with van der Waals surface area (Å²) in [5, 5.41) is 3.43. The molecule has 0 aromatic heterocycles. The molecule has 0 aromatic carbocycles. The third kappa shape index (κ3) is 3.11. The minimum Gasteiger partial charge on any atom is -0.374 e. The van der Waals surface area contributed by atoms with Crippen LogP contribution in [-0.2, 0) is 4.74 Å². The van der Waals surface area contributed by atoms with E-state index < -0.39 is 0 Å². The summed E-state index contributed by atoms with van der Waals surface area (Å²) in [4.78, 5) is 0. The van der Waals surface area contributed by atoms with Gasteiger partial charge in [0.15, 0.2) is 0 Å². The Kier molecular flexibility index (Phi) is 4.35. The molecule has 0 aromatic rings. The number of nitrogens with one attached hydrogen (secondary N) is 1. The van der Waals surface area contributed by atoms with Crippen molar-refractivity contribution < 1.29 is 4.74 Å². The molecule has 88 valence electrons. The second-order valence-corrected chi connectivity index (χ2v) is 5.94. The summed E-state index contributed by atoms with van der Waals surface area (Å²) in [7, 11) is 0. The monoisotopic (exact) mass is 229 g/mol. The Balaban J connectivity index is 1.76. The summed E-state index contributed by atoms with van der Waals surface area (Å²) >= 11 is 2.07. The zero-order valence-electron chi connectivity index (χ0n) is 9.76. The molecule has 1 N–H and O–H groups in total. The highest BCUT2D eigenvalue weighted by Crippen LogP contribution is 2.41. The molecule has 2 fully saturated rings. The van der Waals surface area contributed by atoms with E-state index >= 15 is 0 Å². The summed E-state index contributed by atoms with van der Waals surface area (Å²) in [6.45, 7) is 5.46. The Hall–Kier alpha value is 0.270. The molecule has 0 radical (unpaired) electrons. The Bertz CT molecular complexity index is 192. The van der Waals surface area contributed by atoms with Crippen molar-refractivity contribution in [2.75, 3.05) is 31.2 Å². The van der Waals surface area contributed by atoms with Gasteiger partial charge in [0.1, 0.15) is 0 Å². The molecule has 15 heavy (non-hydrogen) atoms. The van der Waals surface area contributed by atoms with Gasteiger partial charge in [0, 0.05) is 12.4 Å². The van der Waals surface area contributed by atoms with E-state index in [9.17, 15) is 0 Å². The summed E-state index contributed by atoms with van der Waals surface area (Å²) in [5.74, 6) is 3.45. The Morgan fingerprint density at radius 1 is 1.53 bits per heavy atom. The van der Waals surface area contributed by atoms with Crippen LogP contribution >= 0.6 is 11.8 Å². The maximum atomic E-state index is 6.02. The lowest BCUT2D eigenvalue weighted by molar-refractivity contribution is -0.0803. The minimum absolute atomic E-state index is 0.278.